The molecule has 4 rings (SSSR count). The number of rotatable bonds is 3. The van der Waals surface area contributed by atoms with Crippen LogP contribution in [-0.4, -0.2) is 23.6 Å². The van der Waals surface area contributed by atoms with Crippen molar-refractivity contribution in [1.82, 2.24) is 10.3 Å². The van der Waals surface area contributed by atoms with Gasteiger partial charge in [0.2, 0.25) is 0 Å². The number of benzene rings is 1. The van der Waals surface area contributed by atoms with E-state index in [0.29, 0.717) is 11.3 Å². The van der Waals surface area contributed by atoms with Gasteiger partial charge in [-0.1, -0.05) is 18.2 Å². The van der Waals surface area contributed by atoms with Gasteiger partial charge in [-0.3, -0.25) is 9.78 Å². The number of ether oxygens (including phenoxy) is 2. The van der Waals surface area contributed by atoms with Crippen LogP contribution in [0.2, 0.25) is 0 Å². The lowest BCUT2D eigenvalue weighted by Gasteiger charge is -2.40. The number of pyridine rings is 1. The topological polar surface area (TPSA) is 60.5 Å². The Hall–Kier alpha value is -2.56. The number of nitrogens with one attached hydrogen (secondary N) is 1. The Morgan fingerprint density at radius 1 is 1.31 bits per heavy atom. The summed E-state index contributed by atoms with van der Waals surface area (Å²) in [4.78, 5) is 17.2. The van der Waals surface area contributed by atoms with E-state index < -0.39 is 0 Å². The van der Waals surface area contributed by atoms with E-state index in [1.54, 1.807) is 19.4 Å². The number of hydrogen-bond donors (Lipinski definition) is 1. The van der Waals surface area contributed by atoms with Crippen LogP contribution in [0.3, 0.4) is 0 Å². The van der Waals surface area contributed by atoms with E-state index in [1.807, 2.05) is 31.2 Å². The zero-order valence-corrected chi connectivity index (χ0v) is 15.2. The minimum atomic E-state index is -0.148. The molecule has 1 spiro atoms. The molecule has 1 N–H and O–H groups in total. The van der Waals surface area contributed by atoms with Crippen LogP contribution < -0.4 is 14.8 Å². The molecule has 1 aliphatic heterocycles. The number of carbonyl (C=O) groups excluding carboxylic acids is 1. The van der Waals surface area contributed by atoms with Gasteiger partial charge < -0.3 is 14.8 Å². The lowest BCUT2D eigenvalue weighted by atomic mass is 9.85. The van der Waals surface area contributed by atoms with Crippen LogP contribution in [0.15, 0.2) is 36.5 Å². The van der Waals surface area contributed by atoms with E-state index in [4.69, 9.17) is 9.47 Å². The Balaban J connectivity index is 1.64. The number of carbonyl (C=O) groups is 1. The second-order valence-corrected chi connectivity index (χ2v) is 7.29. The number of aryl methyl sites for hydroxylation is 1. The van der Waals surface area contributed by atoms with Gasteiger partial charge in [0.1, 0.15) is 17.1 Å². The van der Waals surface area contributed by atoms with Crippen LogP contribution in [0.5, 0.6) is 11.5 Å². The second kappa shape index (κ2) is 6.63. The lowest BCUT2D eigenvalue weighted by Crippen LogP contribution is -2.43. The third-order valence-corrected chi connectivity index (χ3v) is 5.49. The van der Waals surface area contributed by atoms with E-state index in [0.717, 1.165) is 36.3 Å². The summed E-state index contributed by atoms with van der Waals surface area (Å²) >= 11 is 0. The maximum atomic E-state index is 13.0. The summed E-state index contributed by atoms with van der Waals surface area (Å²) in [6.45, 7) is 1.87. The van der Waals surface area contributed by atoms with Crippen molar-refractivity contribution in [1.29, 1.82) is 0 Å². The molecule has 1 atom stereocenters. The number of hydrogen-bond acceptors (Lipinski definition) is 4. The summed E-state index contributed by atoms with van der Waals surface area (Å²) in [5.41, 5.74) is 2.20. The number of para-hydroxylation sites is 1. The molecule has 0 saturated heterocycles. The van der Waals surface area contributed by atoms with Crippen molar-refractivity contribution in [2.45, 2.75) is 50.7 Å². The van der Waals surface area contributed by atoms with E-state index in [9.17, 15) is 4.79 Å². The highest BCUT2D eigenvalue weighted by molar-refractivity contribution is 5.97. The monoisotopic (exact) mass is 352 g/mol. The fraction of sp³-hybridized carbons (Fsp3) is 0.429. The maximum absolute atomic E-state index is 13.0. The quantitative estimate of drug-likeness (QED) is 0.908. The van der Waals surface area contributed by atoms with Gasteiger partial charge in [-0.25, -0.2) is 0 Å². The predicted molar refractivity (Wildman–Crippen MR) is 98.6 cm³/mol. The molecule has 2 aliphatic rings. The minimum absolute atomic E-state index is 0.0660. The van der Waals surface area contributed by atoms with Crippen LogP contribution in [0.1, 0.15) is 59.8 Å². The second-order valence-electron chi connectivity index (χ2n) is 7.29. The first-order valence-electron chi connectivity index (χ1n) is 9.20. The Bertz CT molecular complexity index is 828. The fourth-order valence-corrected chi connectivity index (χ4v) is 4.20. The molecular weight excluding hydrogens is 328 g/mol. The molecule has 26 heavy (non-hydrogen) atoms. The van der Waals surface area contributed by atoms with Crippen molar-refractivity contribution in [3.63, 3.8) is 0 Å². The molecule has 136 valence electrons. The molecule has 0 bridgehead atoms. The Morgan fingerprint density at radius 3 is 2.85 bits per heavy atom. The average molecular weight is 352 g/mol. The van der Waals surface area contributed by atoms with Crippen molar-refractivity contribution >= 4 is 5.91 Å². The maximum Gasteiger partial charge on any atom is 0.255 e. The average Bonchev–Trinajstić information content (AvgIpc) is 3.09. The standard InChI is InChI=1S/C21H24N2O3/c1-14-11-16(19(25-2)13-22-14)20(24)23-17-12-21(9-5-6-10-21)26-18-8-4-3-7-15(17)18/h3-4,7-8,11,13,17H,5-6,9-10,12H2,1-2H3,(H,23,24). The van der Waals surface area contributed by atoms with Crippen LogP contribution in [-0.2, 0) is 0 Å². The van der Waals surface area contributed by atoms with Crippen LogP contribution in [0.25, 0.3) is 0 Å². The number of fused-ring (bicyclic) bond motifs is 1. The smallest absolute Gasteiger partial charge is 0.255 e. The van der Waals surface area contributed by atoms with E-state index in [-0.39, 0.29) is 17.6 Å². The van der Waals surface area contributed by atoms with Crippen molar-refractivity contribution < 1.29 is 14.3 Å². The molecule has 5 heteroatoms. The minimum Gasteiger partial charge on any atom is -0.494 e. The Labute approximate surface area is 153 Å². The highest BCUT2D eigenvalue weighted by Crippen LogP contribution is 2.47. The molecule has 2 aromatic rings. The van der Waals surface area contributed by atoms with Crippen molar-refractivity contribution in [3.8, 4) is 11.5 Å². The Kier molecular flexibility index (Phi) is 4.31. The van der Waals surface area contributed by atoms with Gasteiger partial charge >= 0.3 is 0 Å². The number of nitrogens with zero attached hydrogens (tertiary/aromatic N) is 1. The van der Waals surface area contributed by atoms with E-state index in [2.05, 4.69) is 10.3 Å². The van der Waals surface area contributed by atoms with Crippen molar-refractivity contribution in [2.75, 3.05) is 7.11 Å². The van der Waals surface area contributed by atoms with Gasteiger partial charge in [-0.15, -0.1) is 0 Å². The Morgan fingerprint density at radius 2 is 2.08 bits per heavy atom. The molecule has 1 unspecified atom stereocenters. The highest BCUT2D eigenvalue weighted by atomic mass is 16.5. The molecule has 1 aliphatic carbocycles. The van der Waals surface area contributed by atoms with E-state index >= 15 is 0 Å². The third kappa shape index (κ3) is 3.02. The zero-order chi connectivity index (χ0) is 18.1. The van der Waals surface area contributed by atoms with Crippen LogP contribution >= 0.6 is 0 Å². The molecule has 5 nitrogen and oxygen atoms in total. The molecule has 1 aromatic carbocycles. The van der Waals surface area contributed by atoms with Crippen LogP contribution in [0, 0.1) is 6.92 Å². The van der Waals surface area contributed by atoms with Crippen LogP contribution in [0.4, 0.5) is 0 Å². The fourth-order valence-electron chi connectivity index (χ4n) is 4.20. The SMILES string of the molecule is COc1cnc(C)cc1C(=O)NC1CC2(CCCC2)Oc2ccccc21. The molecule has 1 aromatic heterocycles. The predicted octanol–water partition coefficient (Wildman–Crippen LogP) is 3.97. The van der Waals surface area contributed by atoms with Gasteiger partial charge in [0, 0.05) is 17.7 Å². The number of methoxy groups -OCH3 is 1. The highest BCUT2D eigenvalue weighted by Gasteiger charge is 2.43. The first-order valence-corrected chi connectivity index (χ1v) is 9.20. The number of aromatic nitrogens is 1. The van der Waals surface area contributed by atoms with Crippen molar-refractivity contribution in [3.05, 3.63) is 53.3 Å². The first-order chi connectivity index (χ1) is 12.6. The molecule has 0 radical (unpaired) electrons. The molecule has 2 heterocycles. The summed E-state index contributed by atoms with van der Waals surface area (Å²) in [6.07, 6.45) is 6.86. The normalized spacial score (nSPS) is 20.3. The summed E-state index contributed by atoms with van der Waals surface area (Å²) in [6, 6.07) is 9.72. The summed E-state index contributed by atoms with van der Waals surface area (Å²) in [7, 11) is 1.56. The van der Waals surface area contributed by atoms with Gasteiger partial charge in [-0.05, 0) is 44.7 Å². The lowest BCUT2D eigenvalue weighted by molar-refractivity contribution is 0.0360. The third-order valence-electron chi connectivity index (χ3n) is 5.49. The molecule has 1 saturated carbocycles. The van der Waals surface area contributed by atoms with Gasteiger partial charge in [-0.2, -0.15) is 0 Å². The van der Waals surface area contributed by atoms with Gasteiger partial charge in [0.15, 0.2) is 0 Å². The van der Waals surface area contributed by atoms with E-state index in [1.165, 1.54) is 12.8 Å². The summed E-state index contributed by atoms with van der Waals surface area (Å²) in [5.74, 6) is 1.25. The first kappa shape index (κ1) is 16.9. The zero-order valence-electron chi connectivity index (χ0n) is 15.2. The van der Waals surface area contributed by atoms with Gasteiger partial charge in [0.05, 0.1) is 24.9 Å². The molecule has 1 amide bonds. The largest absolute Gasteiger partial charge is 0.494 e. The molecule has 1 fully saturated rings. The summed E-state index contributed by atoms with van der Waals surface area (Å²) < 4.78 is 11.7. The molecular formula is C21H24N2O3. The summed E-state index contributed by atoms with van der Waals surface area (Å²) in [5, 5.41) is 3.22. The van der Waals surface area contributed by atoms with Crippen molar-refractivity contribution in [2.24, 2.45) is 0 Å². The van der Waals surface area contributed by atoms with Gasteiger partial charge in [0.25, 0.3) is 5.91 Å². The number of amides is 1.